The van der Waals surface area contributed by atoms with Gasteiger partial charge in [0.15, 0.2) is 11.5 Å². The number of benzene rings is 1. The second kappa shape index (κ2) is 18.6. The van der Waals surface area contributed by atoms with Crippen LogP contribution in [0.1, 0.15) is 94.7 Å². The molecule has 3 fully saturated rings. The summed E-state index contributed by atoms with van der Waals surface area (Å²) in [6.45, 7) is 7.63. The van der Waals surface area contributed by atoms with E-state index in [9.17, 15) is 29.8 Å². The zero-order chi connectivity index (χ0) is 45.6. The molecule has 1 saturated heterocycles. The summed E-state index contributed by atoms with van der Waals surface area (Å²) in [6, 6.07) is 10.2. The van der Waals surface area contributed by atoms with Crippen molar-refractivity contribution in [2.75, 3.05) is 49.3 Å². The van der Waals surface area contributed by atoms with Gasteiger partial charge in [-0.1, -0.05) is 31.5 Å². The minimum Gasteiger partial charge on any atom is -0.377 e. The highest BCUT2D eigenvalue weighted by Gasteiger charge is 2.41. The molecular formula is C44H61N9O8S3. The number of hydrogen-bond donors (Lipinski definition) is 2. The van der Waals surface area contributed by atoms with Crippen LogP contribution in [0.3, 0.4) is 0 Å². The van der Waals surface area contributed by atoms with Crippen molar-refractivity contribution >= 4 is 63.9 Å². The summed E-state index contributed by atoms with van der Waals surface area (Å²) >= 11 is 0. The molecule has 8 rings (SSSR count). The van der Waals surface area contributed by atoms with Crippen molar-refractivity contribution in [2.45, 2.75) is 113 Å². The van der Waals surface area contributed by atoms with Crippen LogP contribution in [0.15, 0.2) is 60.0 Å². The zero-order valence-electron chi connectivity index (χ0n) is 37.2. The van der Waals surface area contributed by atoms with Gasteiger partial charge in [-0.25, -0.2) is 40.7 Å². The Morgan fingerprint density at radius 3 is 2.17 bits per heavy atom. The molecule has 0 amide bonds. The summed E-state index contributed by atoms with van der Waals surface area (Å²) in [4.78, 5) is 25.8. The summed E-state index contributed by atoms with van der Waals surface area (Å²) in [6.07, 6.45) is 11.2. The van der Waals surface area contributed by atoms with Gasteiger partial charge in [-0.15, -0.1) is 0 Å². The van der Waals surface area contributed by atoms with E-state index in [0.29, 0.717) is 74.0 Å². The second-order valence-electron chi connectivity index (χ2n) is 18.5. The molecule has 2 saturated carbocycles. The maximum absolute atomic E-state index is 13.6. The molecule has 0 bridgehead atoms. The van der Waals surface area contributed by atoms with Gasteiger partial charge in [0.2, 0.25) is 10.0 Å². The predicted molar refractivity (Wildman–Crippen MR) is 247 cm³/mol. The normalized spacial score (nSPS) is 23.5. The number of nitrogens with zero attached hydrogens (tertiary/aromatic N) is 8. The highest BCUT2D eigenvalue weighted by Crippen LogP contribution is 2.42. The van der Waals surface area contributed by atoms with Crippen molar-refractivity contribution in [3.63, 3.8) is 0 Å². The number of hydrogen-bond acceptors (Lipinski definition) is 13. The first-order valence-electron chi connectivity index (χ1n) is 22.4. The number of piperidine rings is 1. The van der Waals surface area contributed by atoms with Gasteiger partial charge in [-0.2, -0.15) is 12.7 Å². The lowest BCUT2D eigenvalue weighted by Crippen LogP contribution is -2.46. The third kappa shape index (κ3) is 9.68. The second-order valence-corrected chi connectivity index (χ2v) is 23.9. The maximum Gasteiger partial charge on any atom is 0.275 e. The summed E-state index contributed by atoms with van der Waals surface area (Å²) < 4.78 is 101. The predicted octanol–water partition coefficient (Wildman–Crippen LogP) is 6.33. The third-order valence-electron chi connectivity index (χ3n) is 13.6. The Morgan fingerprint density at radius 1 is 0.828 bits per heavy atom. The molecule has 0 radical (unpaired) electrons. The first-order valence-corrected chi connectivity index (χ1v) is 27.0. The Morgan fingerprint density at radius 2 is 1.50 bits per heavy atom. The standard InChI is InChI=1S/C44H61N9O8S3/c1-29(2)26-61-35-7-6-23-52(25-35)62(54,55)27-31-10-14-33(15-11-31)51(5)44-37-20-22-45-40(37)48-41(49-44)39(64(58,59)60)32-12-16-34(17-13-32)50(4)42-38-21-24-53(43(38)47-28-46-42)63(56,57)36-18-8-30(3)9-19-36/h8-9,18-22,24,28-29,31-35,39H,6-7,10-17,23,25-27H2,1-5H3,(H,45,48,49)(H,58,59,60). The minimum atomic E-state index is -4.66. The van der Waals surface area contributed by atoms with Crippen molar-refractivity contribution in [2.24, 2.45) is 17.8 Å². The molecule has 348 valence electrons. The highest BCUT2D eigenvalue weighted by atomic mass is 32.2. The molecular weight excluding hydrogens is 879 g/mol. The molecule has 5 aromatic rings. The number of H-pyrrole nitrogens is 1. The van der Waals surface area contributed by atoms with Crippen molar-refractivity contribution in [3.05, 3.63) is 66.5 Å². The number of aryl methyl sites for hydroxylation is 1. The van der Waals surface area contributed by atoms with Crippen LogP contribution in [0.25, 0.3) is 22.1 Å². The molecule has 1 aromatic carbocycles. The van der Waals surface area contributed by atoms with E-state index in [4.69, 9.17) is 9.72 Å². The molecule has 2 N–H and O–H groups in total. The van der Waals surface area contributed by atoms with Crippen LogP contribution in [-0.2, 0) is 34.9 Å². The van der Waals surface area contributed by atoms with Gasteiger partial charge in [-0.3, -0.25) is 4.55 Å². The van der Waals surface area contributed by atoms with Crippen LogP contribution in [0.5, 0.6) is 0 Å². The smallest absolute Gasteiger partial charge is 0.275 e. The molecule has 2 aliphatic carbocycles. The average Bonchev–Trinajstić information content (AvgIpc) is 3.94. The zero-order valence-corrected chi connectivity index (χ0v) is 39.7. The topological polar surface area (TPSA) is 214 Å². The van der Waals surface area contributed by atoms with Gasteiger partial charge in [0, 0.05) is 58.3 Å². The molecule has 4 aromatic heterocycles. The van der Waals surface area contributed by atoms with Crippen LogP contribution in [0, 0.1) is 24.7 Å². The summed E-state index contributed by atoms with van der Waals surface area (Å²) in [5.74, 6) is 1.20. The van der Waals surface area contributed by atoms with Crippen LogP contribution < -0.4 is 9.80 Å². The van der Waals surface area contributed by atoms with Gasteiger partial charge in [0.25, 0.3) is 20.1 Å². The van der Waals surface area contributed by atoms with Crippen molar-refractivity contribution < 1.29 is 34.5 Å². The van der Waals surface area contributed by atoms with E-state index in [0.717, 1.165) is 49.5 Å². The Kier molecular flexibility index (Phi) is 13.5. The average molecular weight is 940 g/mol. The number of sulfonamides is 1. The molecule has 5 heterocycles. The SMILES string of the molecule is Cc1ccc(S(=O)(=O)n2ccc3c(N(C)C4CCC(C(c5nc(N(C)C6CCC(CS(=O)(=O)N7CCCC(OCC(C)C)C7)CC6)c6cc[nH]c6n5)S(=O)(=O)O)CC4)ncnc32)cc1. The summed E-state index contributed by atoms with van der Waals surface area (Å²) in [5, 5.41) is -0.0668. The number of anilines is 2. The number of fused-ring (bicyclic) bond motifs is 2. The van der Waals surface area contributed by atoms with Crippen LogP contribution in [0.2, 0.25) is 0 Å². The monoisotopic (exact) mass is 939 g/mol. The number of nitrogens with one attached hydrogen (secondary N) is 1. The fourth-order valence-electron chi connectivity index (χ4n) is 10.0. The van der Waals surface area contributed by atoms with E-state index < -0.39 is 41.3 Å². The number of rotatable bonds is 15. The van der Waals surface area contributed by atoms with Gasteiger partial charge in [0.1, 0.15) is 28.9 Å². The summed E-state index contributed by atoms with van der Waals surface area (Å²) in [7, 11) is -8.19. The van der Waals surface area contributed by atoms with Crippen LogP contribution in [0.4, 0.5) is 11.6 Å². The first-order chi connectivity index (χ1) is 30.4. The van der Waals surface area contributed by atoms with Gasteiger partial charge >= 0.3 is 0 Å². The Labute approximate surface area is 376 Å². The third-order valence-corrected chi connectivity index (χ3v) is 18.5. The van der Waals surface area contributed by atoms with Gasteiger partial charge < -0.3 is 19.5 Å². The van der Waals surface area contributed by atoms with Crippen LogP contribution >= 0.6 is 0 Å². The van der Waals surface area contributed by atoms with Crippen molar-refractivity contribution in [1.82, 2.24) is 33.2 Å². The maximum atomic E-state index is 13.6. The van der Waals surface area contributed by atoms with Crippen molar-refractivity contribution in [3.8, 4) is 0 Å². The molecule has 20 heteroatoms. The van der Waals surface area contributed by atoms with Crippen molar-refractivity contribution in [1.29, 1.82) is 0 Å². The fourth-order valence-corrected chi connectivity index (χ4v) is 14.4. The lowest BCUT2D eigenvalue weighted by Gasteiger charge is -2.38. The van der Waals surface area contributed by atoms with E-state index in [2.05, 4.69) is 38.7 Å². The van der Waals surface area contributed by atoms with E-state index in [1.807, 2.05) is 32.0 Å². The van der Waals surface area contributed by atoms with Crippen LogP contribution in [-0.4, -0.2) is 121 Å². The van der Waals surface area contributed by atoms with Gasteiger partial charge in [-0.05, 0) is 113 Å². The summed E-state index contributed by atoms with van der Waals surface area (Å²) in [5.41, 5.74) is 1.67. The molecule has 17 nitrogen and oxygen atoms in total. The Bertz CT molecular complexity index is 2760. The molecule has 2 unspecified atom stereocenters. The number of aromatic nitrogens is 6. The first kappa shape index (κ1) is 46.3. The highest BCUT2D eigenvalue weighted by molar-refractivity contribution is 7.90. The molecule has 64 heavy (non-hydrogen) atoms. The Balaban J connectivity index is 0.942. The van der Waals surface area contributed by atoms with Gasteiger partial charge in [0.05, 0.1) is 27.5 Å². The number of ether oxygens (including phenoxy) is 1. The molecule has 2 atom stereocenters. The lowest BCUT2D eigenvalue weighted by atomic mass is 9.83. The minimum absolute atomic E-state index is 0.0274. The Hall–Kier alpha value is -4.21. The van der Waals surface area contributed by atoms with E-state index in [-0.39, 0.29) is 46.2 Å². The van der Waals surface area contributed by atoms with E-state index in [1.54, 1.807) is 40.8 Å². The molecule has 0 spiro atoms. The largest absolute Gasteiger partial charge is 0.377 e. The molecule has 3 aliphatic rings. The van der Waals surface area contributed by atoms with E-state index >= 15 is 0 Å². The van der Waals surface area contributed by atoms with E-state index in [1.165, 1.54) is 16.5 Å². The molecule has 1 aliphatic heterocycles. The lowest BCUT2D eigenvalue weighted by molar-refractivity contribution is 0.00547. The fraction of sp³-hybridized carbons (Fsp3) is 0.591. The number of aromatic amines is 1. The quantitative estimate of drug-likeness (QED) is 0.110.